The fourth-order valence-electron chi connectivity index (χ4n) is 2.46. The Morgan fingerprint density at radius 3 is 3.05 bits per heavy atom. The van der Waals surface area contributed by atoms with Crippen molar-refractivity contribution in [2.45, 2.75) is 13.0 Å². The normalized spacial score (nSPS) is 18.8. The van der Waals surface area contributed by atoms with Gasteiger partial charge in [-0.05, 0) is 25.1 Å². The molecule has 3 N–H and O–H groups in total. The molecule has 1 saturated heterocycles. The van der Waals surface area contributed by atoms with Crippen LogP contribution in [0.25, 0.3) is 11.4 Å². The maximum Gasteiger partial charge on any atom is 0.245 e. The Morgan fingerprint density at radius 2 is 2.29 bits per heavy atom. The Kier molecular flexibility index (Phi) is 3.66. The first-order valence-corrected chi connectivity index (χ1v) is 6.95. The summed E-state index contributed by atoms with van der Waals surface area (Å²) < 4.78 is 5.18. The summed E-state index contributed by atoms with van der Waals surface area (Å²) in [5, 5.41) is 20.5. The minimum absolute atomic E-state index is 0.146. The van der Waals surface area contributed by atoms with Crippen molar-refractivity contribution in [3.8, 4) is 22.9 Å². The van der Waals surface area contributed by atoms with Gasteiger partial charge in [0.15, 0.2) is 5.82 Å². The van der Waals surface area contributed by atoms with Crippen LogP contribution in [0.5, 0.6) is 11.5 Å². The molecule has 0 radical (unpaired) electrons. The quantitative estimate of drug-likeness (QED) is 0.781. The van der Waals surface area contributed by atoms with Crippen molar-refractivity contribution in [1.82, 2.24) is 20.5 Å². The molecule has 1 aromatic heterocycles. The molecule has 0 amide bonds. The second-order valence-corrected chi connectivity index (χ2v) is 5.17. The summed E-state index contributed by atoms with van der Waals surface area (Å²) in [5.74, 6) is 2.00. The first-order valence-electron chi connectivity index (χ1n) is 6.95. The van der Waals surface area contributed by atoms with E-state index < -0.39 is 0 Å². The first kappa shape index (κ1) is 13.7. The predicted molar refractivity (Wildman–Crippen MR) is 79.7 cm³/mol. The summed E-state index contributed by atoms with van der Waals surface area (Å²) in [5.41, 5.74) is 0.580. The number of piperazine rings is 1. The van der Waals surface area contributed by atoms with Crippen LogP contribution in [0.1, 0.15) is 6.92 Å². The minimum atomic E-state index is 0.146. The lowest BCUT2D eigenvalue weighted by Crippen LogP contribution is -2.49. The van der Waals surface area contributed by atoms with E-state index in [1.54, 1.807) is 25.3 Å². The Morgan fingerprint density at radius 1 is 1.43 bits per heavy atom. The largest absolute Gasteiger partial charge is 0.507 e. The number of phenols is 1. The zero-order valence-corrected chi connectivity index (χ0v) is 12.1. The predicted octanol–water partition coefficient (Wildman–Crippen LogP) is 0.984. The van der Waals surface area contributed by atoms with E-state index in [0.29, 0.717) is 29.1 Å². The third-order valence-corrected chi connectivity index (χ3v) is 3.58. The lowest BCUT2D eigenvalue weighted by molar-refractivity contribution is 0.412. The van der Waals surface area contributed by atoms with Crippen LogP contribution >= 0.6 is 0 Å². The summed E-state index contributed by atoms with van der Waals surface area (Å²) in [4.78, 5) is 6.61. The van der Waals surface area contributed by atoms with Gasteiger partial charge in [-0.3, -0.25) is 5.10 Å². The van der Waals surface area contributed by atoms with Gasteiger partial charge in [-0.15, -0.1) is 5.10 Å². The molecule has 1 aromatic carbocycles. The van der Waals surface area contributed by atoms with E-state index >= 15 is 0 Å². The van der Waals surface area contributed by atoms with E-state index in [1.807, 2.05) is 0 Å². The smallest absolute Gasteiger partial charge is 0.245 e. The summed E-state index contributed by atoms with van der Waals surface area (Å²) in [6, 6.07) is 5.43. The Hall–Kier alpha value is -2.28. The number of rotatable bonds is 3. The monoisotopic (exact) mass is 289 g/mol. The number of aromatic amines is 1. The molecule has 0 bridgehead atoms. The molecule has 0 saturated carbocycles. The van der Waals surface area contributed by atoms with Crippen molar-refractivity contribution in [3.63, 3.8) is 0 Å². The molecule has 7 nitrogen and oxygen atoms in total. The third kappa shape index (κ3) is 2.78. The van der Waals surface area contributed by atoms with E-state index in [-0.39, 0.29) is 5.75 Å². The van der Waals surface area contributed by atoms with Crippen molar-refractivity contribution < 1.29 is 9.84 Å². The van der Waals surface area contributed by atoms with E-state index in [0.717, 1.165) is 19.6 Å². The molecule has 2 heterocycles. The molecular formula is C14H19N5O2. The summed E-state index contributed by atoms with van der Waals surface area (Å²) in [7, 11) is 1.59. The van der Waals surface area contributed by atoms with Crippen LogP contribution in [0, 0.1) is 0 Å². The summed E-state index contributed by atoms with van der Waals surface area (Å²) in [6.45, 7) is 4.77. The lowest BCUT2D eigenvalue weighted by Gasteiger charge is -2.30. The van der Waals surface area contributed by atoms with Crippen LogP contribution in [-0.2, 0) is 0 Å². The van der Waals surface area contributed by atoms with Crippen LogP contribution in [0.3, 0.4) is 0 Å². The highest BCUT2D eigenvalue weighted by Gasteiger charge is 2.20. The van der Waals surface area contributed by atoms with E-state index in [2.05, 4.69) is 32.3 Å². The van der Waals surface area contributed by atoms with Crippen molar-refractivity contribution in [1.29, 1.82) is 0 Å². The molecule has 7 heteroatoms. The van der Waals surface area contributed by atoms with Gasteiger partial charge in [-0.25, -0.2) is 0 Å². The topological polar surface area (TPSA) is 86.3 Å². The molecule has 3 rings (SSSR count). The maximum absolute atomic E-state index is 9.98. The Labute approximate surface area is 123 Å². The Bertz CT molecular complexity index is 628. The highest BCUT2D eigenvalue weighted by molar-refractivity contribution is 5.66. The molecule has 112 valence electrons. The minimum Gasteiger partial charge on any atom is -0.507 e. The van der Waals surface area contributed by atoms with Crippen LogP contribution < -0.4 is 15.0 Å². The third-order valence-electron chi connectivity index (χ3n) is 3.58. The van der Waals surface area contributed by atoms with Crippen LogP contribution in [0.4, 0.5) is 5.95 Å². The number of nitrogens with one attached hydrogen (secondary N) is 2. The van der Waals surface area contributed by atoms with Gasteiger partial charge in [0.05, 0.1) is 12.7 Å². The van der Waals surface area contributed by atoms with Crippen LogP contribution in [0.2, 0.25) is 0 Å². The number of nitrogens with zero attached hydrogens (tertiary/aromatic N) is 3. The van der Waals surface area contributed by atoms with E-state index in [9.17, 15) is 5.11 Å². The van der Waals surface area contributed by atoms with E-state index in [4.69, 9.17) is 4.74 Å². The van der Waals surface area contributed by atoms with E-state index in [1.165, 1.54) is 0 Å². The second kappa shape index (κ2) is 5.61. The Balaban J connectivity index is 1.87. The maximum atomic E-state index is 9.98. The standard InChI is InChI=1S/C14H19N5O2/c1-9-8-19(6-5-15-9)14-16-13(17-18-14)11-7-10(21-2)3-4-12(11)20/h3-4,7,9,15,20H,5-6,8H2,1-2H3,(H,16,17,18). The molecule has 0 aliphatic carbocycles. The van der Waals surface area contributed by atoms with Crippen molar-refractivity contribution in [2.75, 3.05) is 31.6 Å². The number of benzene rings is 1. The average Bonchev–Trinajstić information content (AvgIpc) is 2.97. The molecule has 1 unspecified atom stereocenters. The fraction of sp³-hybridized carbons (Fsp3) is 0.429. The highest BCUT2D eigenvalue weighted by atomic mass is 16.5. The van der Waals surface area contributed by atoms with Gasteiger partial charge in [-0.2, -0.15) is 4.98 Å². The fourth-order valence-corrected chi connectivity index (χ4v) is 2.46. The van der Waals surface area contributed by atoms with Gasteiger partial charge < -0.3 is 20.1 Å². The van der Waals surface area contributed by atoms with Gasteiger partial charge in [0.2, 0.25) is 5.95 Å². The number of H-pyrrole nitrogens is 1. The van der Waals surface area contributed by atoms with Crippen LogP contribution in [0.15, 0.2) is 18.2 Å². The number of hydrogen-bond donors (Lipinski definition) is 3. The molecule has 1 fully saturated rings. The van der Waals surface area contributed by atoms with Gasteiger partial charge in [0, 0.05) is 25.7 Å². The molecule has 1 aliphatic heterocycles. The number of ether oxygens (including phenoxy) is 1. The second-order valence-electron chi connectivity index (χ2n) is 5.17. The number of aromatic hydroxyl groups is 1. The van der Waals surface area contributed by atoms with Gasteiger partial charge in [-0.1, -0.05) is 0 Å². The molecule has 0 spiro atoms. The van der Waals surface area contributed by atoms with Crippen molar-refractivity contribution in [3.05, 3.63) is 18.2 Å². The zero-order chi connectivity index (χ0) is 14.8. The molecular weight excluding hydrogens is 270 g/mol. The number of hydrogen-bond acceptors (Lipinski definition) is 6. The van der Waals surface area contributed by atoms with Crippen molar-refractivity contribution in [2.24, 2.45) is 0 Å². The highest BCUT2D eigenvalue weighted by Crippen LogP contribution is 2.31. The van der Waals surface area contributed by atoms with Gasteiger partial charge in [0.1, 0.15) is 11.5 Å². The molecule has 1 atom stereocenters. The summed E-state index contributed by atoms with van der Waals surface area (Å²) >= 11 is 0. The first-order chi connectivity index (χ1) is 10.2. The number of anilines is 1. The molecule has 1 aliphatic rings. The lowest BCUT2D eigenvalue weighted by atomic mass is 10.2. The average molecular weight is 289 g/mol. The number of phenolic OH excluding ortho intramolecular Hbond substituents is 1. The SMILES string of the molecule is COc1ccc(O)c(-c2nc(N3CCNC(C)C3)n[nH]2)c1. The van der Waals surface area contributed by atoms with Crippen molar-refractivity contribution >= 4 is 5.95 Å². The summed E-state index contributed by atoms with van der Waals surface area (Å²) in [6.07, 6.45) is 0. The number of methoxy groups -OCH3 is 1. The van der Waals surface area contributed by atoms with Crippen LogP contribution in [-0.4, -0.2) is 53.1 Å². The molecule has 21 heavy (non-hydrogen) atoms. The zero-order valence-electron chi connectivity index (χ0n) is 12.1. The van der Waals surface area contributed by atoms with Gasteiger partial charge >= 0.3 is 0 Å². The molecule has 2 aromatic rings. The van der Waals surface area contributed by atoms with Gasteiger partial charge in [0.25, 0.3) is 0 Å². The number of aromatic nitrogens is 3.